The lowest BCUT2D eigenvalue weighted by atomic mass is 10.2. The maximum absolute atomic E-state index is 12.4. The van der Waals surface area contributed by atoms with Gasteiger partial charge in [0.15, 0.2) is 0 Å². The number of hydrogen-bond donors (Lipinski definition) is 2. The van der Waals surface area contributed by atoms with E-state index in [0.717, 1.165) is 16.9 Å². The summed E-state index contributed by atoms with van der Waals surface area (Å²) in [7, 11) is 1.64. The topological polar surface area (TPSA) is 76.1 Å². The number of carbonyl (C=O) groups excluding carboxylic acids is 1. The van der Waals surface area contributed by atoms with Gasteiger partial charge < -0.3 is 15.4 Å². The highest BCUT2D eigenvalue weighted by Crippen LogP contribution is 2.13. The molecule has 1 amide bonds. The van der Waals surface area contributed by atoms with Gasteiger partial charge in [0.25, 0.3) is 5.91 Å². The largest absolute Gasteiger partial charge is 0.497 e. The Balaban J connectivity index is 1.58. The van der Waals surface area contributed by atoms with Crippen LogP contribution < -0.4 is 15.4 Å². The highest BCUT2D eigenvalue weighted by Gasteiger charge is 2.11. The fraction of sp³-hybridized carbons (Fsp3) is 0.190. The number of ether oxygens (including phenoxy) is 1. The maximum atomic E-state index is 12.4. The van der Waals surface area contributed by atoms with Gasteiger partial charge >= 0.3 is 0 Å². The average Bonchev–Trinajstić information content (AvgIpc) is 2.71. The second-order valence-electron chi connectivity index (χ2n) is 6.06. The smallest absolute Gasteiger partial charge is 0.254 e. The number of amides is 1. The summed E-state index contributed by atoms with van der Waals surface area (Å²) >= 11 is 0. The molecule has 0 aliphatic heterocycles. The summed E-state index contributed by atoms with van der Waals surface area (Å²) in [6.07, 6.45) is 1.55. The van der Waals surface area contributed by atoms with Crippen molar-refractivity contribution < 1.29 is 9.53 Å². The Kier molecular flexibility index (Phi) is 5.99. The van der Waals surface area contributed by atoms with Gasteiger partial charge in [-0.3, -0.25) is 4.79 Å². The van der Waals surface area contributed by atoms with Crippen molar-refractivity contribution in [2.24, 2.45) is 0 Å². The Morgan fingerprint density at radius 1 is 1.00 bits per heavy atom. The number of methoxy groups -OCH3 is 1. The molecule has 0 aliphatic carbocycles. The van der Waals surface area contributed by atoms with Crippen LogP contribution in [0.2, 0.25) is 0 Å². The molecule has 6 nitrogen and oxygen atoms in total. The van der Waals surface area contributed by atoms with Crippen molar-refractivity contribution in [3.63, 3.8) is 0 Å². The van der Waals surface area contributed by atoms with E-state index >= 15 is 0 Å². The molecule has 0 saturated heterocycles. The maximum Gasteiger partial charge on any atom is 0.254 e. The first-order valence-corrected chi connectivity index (χ1v) is 8.68. The molecule has 1 aromatic heterocycles. The third kappa shape index (κ3) is 5.04. The molecule has 2 aromatic carbocycles. The Labute approximate surface area is 158 Å². The number of anilines is 1. The normalized spacial score (nSPS) is 10.3. The third-order valence-electron chi connectivity index (χ3n) is 4.13. The predicted octanol–water partition coefficient (Wildman–Crippen LogP) is 3.34. The summed E-state index contributed by atoms with van der Waals surface area (Å²) in [6.45, 7) is 2.86. The van der Waals surface area contributed by atoms with Gasteiger partial charge in [-0.25, -0.2) is 9.97 Å². The zero-order valence-electron chi connectivity index (χ0n) is 15.4. The van der Waals surface area contributed by atoms with Crippen LogP contribution in [0.5, 0.6) is 5.75 Å². The van der Waals surface area contributed by atoms with E-state index in [-0.39, 0.29) is 5.91 Å². The number of aryl methyl sites for hydroxylation is 1. The monoisotopic (exact) mass is 362 g/mol. The van der Waals surface area contributed by atoms with Gasteiger partial charge in [-0.15, -0.1) is 0 Å². The molecule has 27 heavy (non-hydrogen) atoms. The lowest BCUT2D eigenvalue weighted by Crippen LogP contribution is -2.24. The molecular weight excluding hydrogens is 340 g/mol. The summed E-state index contributed by atoms with van der Waals surface area (Å²) < 4.78 is 5.15. The third-order valence-corrected chi connectivity index (χ3v) is 4.13. The van der Waals surface area contributed by atoms with E-state index in [9.17, 15) is 4.79 Å². The lowest BCUT2D eigenvalue weighted by molar-refractivity contribution is 0.0949. The van der Waals surface area contributed by atoms with E-state index in [0.29, 0.717) is 30.3 Å². The fourth-order valence-corrected chi connectivity index (χ4v) is 2.57. The average molecular weight is 362 g/mol. The SMILES string of the molecule is COc1ccc(CNc2ncc(C(=O)NCc3ccccc3)c(C)n2)cc1. The van der Waals surface area contributed by atoms with Crippen LogP contribution in [0.25, 0.3) is 0 Å². The molecule has 0 atom stereocenters. The Bertz CT molecular complexity index is 896. The molecule has 0 spiro atoms. The van der Waals surface area contributed by atoms with Crippen LogP contribution in [0.4, 0.5) is 5.95 Å². The number of nitrogens with one attached hydrogen (secondary N) is 2. The molecule has 3 aromatic rings. The molecule has 0 aliphatic rings. The molecule has 138 valence electrons. The van der Waals surface area contributed by atoms with Gasteiger partial charge in [0.2, 0.25) is 5.95 Å². The highest BCUT2D eigenvalue weighted by atomic mass is 16.5. The van der Waals surface area contributed by atoms with E-state index < -0.39 is 0 Å². The minimum absolute atomic E-state index is 0.182. The van der Waals surface area contributed by atoms with Gasteiger partial charge in [0.1, 0.15) is 5.75 Å². The number of benzene rings is 2. The summed E-state index contributed by atoms with van der Waals surface area (Å²) in [5.41, 5.74) is 3.23. The van der Waals surface area contributed by atoms with Crippen molar-refractivity contribution in [2.75, 3.05) is 12.4 Å². The summed E-state index contributed by atoms with van der Waals surface area (Å²) in [5, 5.41) is 6.06. The van der Waals surface area contributed by atoms with Crippen molar-refractivity contribution >= 4 is 11.9 Å². The molecule has 0 saturated carbocycles. The summed E-state index contributed by atoms with van der Waals surface area (Å²) in [5.74, 6) is 1.12. The van der Waals surface area contributed by atoms with Crippen LogP contribution in [-0.2, 0) is 13.1 Å². The first-order valence-electron chi connectivity index (χ1n) is 8.68. The number of rotatable bonds is 7. The van der Waals surface area contributed by atoms with Crippen molar-refractivity contribution in [1.29, 1.82) is 0 Å². The van der Waals surface area contributed by atoms with Gasteiger partial charge in [0.05, 0.1) is 18.4 Å². The van der Waals surface area contributed by atoms with Crippen LogP contribution in [0, 0.1) is 6.92 Å². The van der Waals surface area contributed by atoms with Crippen LogP contribution in [-0.4, -0.2) is 23.0 Å². The lowest BCUT2D eigenvalue weighted by Gasteiger charge is -2.10. The van der Waals surface area contributed by atoms with Gasteiger partial charge in [-0.1, -0.05) is 42.5 Å². The van der Waals surface area contributed by atoms with Crippen LogP contribution in [0.15, 0.2) is 60.8 Å². The Hall–Kier alpha value is -3.41. The zero-order chi connectivity index (χ0) is 19.1. The van der Waals surface area contributed by atoms with Gasteiger partial charge in [-0.05, 0) is 30.2 Å². The van der Waals surface area contributed by atoms with E-state index in [1.54, 1.807) is 20.2 Å². The summed E-state index contributed by atoms with van der Waals surface area (Å²) in [4.78, 5) is 21.0. The minimum atomic E-state index is -0.182. The molecule has 0 bridgehead atoms. The molecule has 1 heterocycles. The first kappa shape index (κ1) is 18.4. The van der Waals surface area contributed by atoms with Crippen molar-refractivity contribution in [2.45, 2.75) is 20.0 Å². The van der Waals surface area contributed by atoms with E-state index in [1.807, 2.05) is 54.6 Å². The van der Waals surface area contributed by atoms with Gasteiger partial charge in [-0.2, -0.15) is 0 Å². The van der Waals surface area contributed by atoms with E-state index in [1.165, 1.54) is 0 Å². The second kappa shape index (κ2) is 8.80. The zero-order valence-corrected chi connectivity index (χ0v) is 15.4. The predicted molar refractivity (Wildman–Crippen MR) is 105 cm³/mol. The number of nitrogens with zero attached hydrogens (tertiary/aromatic N) is 2. The van der Waals surface area contributed by atoms with Crippen molar-refractivity contribution in [1.82, 2.24) is 15.3 Å². The number of carbonyl (C=O) groups is 1. The van der Waals surface area contributed by atoms with Crippen LogP contribution >= 0.6 is 0 Å². The molecule has 0 unspecified atom stereocenters. The molecular formula is C21H22N4O2. The standard InChI is InChI=1S/C21H22N4O2/c1-15-19(20(26)22-12-16-6-4-3-5-7-16)14-24-21(25-15)23-13-17-8-10-18(27-2)11-9-17/h3-11,14H,12-13H2,1-2H3,(H,22,26)(H,23,24,25). The molecule has 0 fully saturated rings. The van der Waals surface area contributed by atoms with Crippen LogP contribution in [0.3, 0.4) is 0 Å². The first-order chi connectivity index (χ1) is 13.2. The van der Waals surface area contributed by atoms with Crippen molar-refractivity contribution in [3.05, 3.63) is 83.2 Å². The Morgan fingerprint density at radius 2 is 1.70 bits per heavy atom. The van der Waals surface area contributed by atoms with Crippen LogP contribution in [0.1, 0.15) is 27.2 Å². The number of hydrogen-bond acceptors (Lipinski definition) is 5. The quantitative estimate of drug-likeness (QED) is 0.674. The Morgan fingerprint density at radius 3 is 2.37 bits per heavy atom. The van der Waals surface area contributed by atoms with E-state index in [2.05, 4.69) is 20.6 Å². The molecule has 0 radical (unpaired) electrons. The second-order valence-corrected chi connectivity index (χ2v) is 6.06. The summed E-state index contributed by atoms with van der Waals surface area (Å²) in [6, 6.07) is 17.5. The van der Waals surface area contributed by atoms with Crippen molar-refractivity contribution in [3.8, 4) is 5.75 Å². The fourth-order valence-electron chi connectivity index (χ4n) is 2.57. The molecule has 6 heteroatoms. The highest BCUT2D eigenvalue weighted by molar-refractivity contribution is 5.94. The minimum Gasteiger partial charge on any atom is -0.497 e. The molecule has 3 rings (SSSR count). The van der Waals surface area contributed by atoms with Gasteiger partial charge in [0, 0.05) is 19.3 Å². The van der Waals surface area contributed by atoms with E-state index in [4.69, 9.17) is 4.74 Å². The number of aromatic nitrogens is 2. The molecule has 2 N–H and O–H groups in total.